The van der Waals surface area contributed by atoms with Gasteiger partial charge >= 0.3 is 6.18 Å². The van der Waals surface area contributed by atoms with Gasteiger partial charge in [0.05, 0.1) is 5.57 Å². The molecule has 0 spiro atoms. The Morgan fingerprint density at radius 1 is 1.14 bits per heavy atom. The van der Waals surface area contributed by atoms with E-state index in [0.29, 0.717) is 18.8 Å². The van der Waals surface area contributed by atoms with Crippen LogP contribution in [0.3, 0.4) is 0 Å². The summed E-state index contributed by atoms with van der Waals surface area (Å²) < 4.78 is 40.4. The zero-order valence-electron chi connectivity index (χ0n) is 13.0. The molecular weight excluding hydrogens is 279 g/mol. The Kier molecular flexibility index (Phi) is 4.40. The highest BCUT2D eigenvalue weighted by Gasteiger charge is 2.44. The lowest BCUT2D eigenvalue weighted by molar-refractivity contribution is -0.102. The van der Waals surface area contributed by atoms with Gasteiger partial charge in [-0.2, -0.15) is 13.2 Å². The van der Waals surface area contributed by atoms with Crippen molar-refractivity contribution in [2.75, 3.05) is 20.1 Å². The summed E-state index contributed by atoms with van der Waals surface area (Å²) in [5, 5.41) is 0. The van der Waals surface area contributed by atoms with Crippen LogP contribution in [0.1, 0.15) is 20.8 Å². The second-order valence-corrected chi connectivity index (χ2v) is 6.29. The number of allylic oxidation sites excluding steroid dienone is 1. The summed E-state index contributed by atoms with van der Waals surface area (Å²) in [6.07, 6.45) is -1.10. The number of alkyl halides is 3. The normalized spacial score (nSPS) is 35.5. The lowest BCUT2D eigenvalue weighted by Crippen LogP contribution is -2.55. The molecule has 0 aromatic heterocycles. The zero-order chi connectivity index (χ0) is 15.9. The summed E-state index contributed by atoms with van der Waals surface area (Å²) in [6, 6.07) is -0.141. The molecule has 0 bridgehead atoms. The molecule has 2 rings (SSSR count). The molecule has 0 aromatic carbocycles. The smallest absolute Gasteiger partial charge is 0.368 e. The second-order valence-electron chi connectivity index (χ2n) is 6.29. The van der Waals surface area contributed by atoms with E-state index < -0.39 is 23.7 Å². The number of nitrogens with two attached hydrogens (primary N) is 1. The molecule has 3 nitrogen and oxygen atoms in total. The van der Waals surface area contributed by atoms with Crippen molar-refractivity contribution >= 4 is 0 Å². The van der Waals surface area contributed by atoms with Crippen LogP contribution in [0.25, 0.3) is 0 Å². The second kappa shape index (κ2) is 5.65. The van der Waals surface area contributed by atoms with Gasteiger partial charge in [0.2, 0.25) is 0 Å². The van der Waals surface area contributed by atoms with Crippen LogP contribution in [-0.4, -0.2) is 54.2 Å². The standard InChI is InChI=1S/C15H24F3N3/c1-9-7-21(8-10(2)20(9)4)13-6-5-12(19)11(3)14(13)15(16,17)18/h5-6,9-12H,7-8,19H2,1-4H3/t9-,10+,11?,12?. The predicted molar refractivity (Wildman–Crippen MR) is 77.6 cm³/mol. The summed E-state index contributed by atoms with van der Waals surface area (Å²) in [5.41, 5.74) is 5.60. The van der Waals surface area contributed by atoms with E-state index in [2.05, 4.69) is 4.90 Å². The van der Waals surface area contributed by atoms with Gasteiger partial charge in [0.25, 0.3) is 0 Å². The topological polar surface area (TPSA) is 32.5 Å². The Balaban J connectivity index is 2.39. The number of nitrogens with zero attached hydrogens (tertiary/aromatic N) is 2. The highest BCUT2D eigenvalue weighted by Crippen LogP contribution is 2.39. The van der Waals surface area contributed by atoms with Crippen molar-refractivity contribution in [1.29, 1.82) is 0 Å². The monoisotopic (exact) mass is 303 g/mol. The summed E-state index contributed by atoms with van der Waals surface area (Å²) in [6.45, 7) is 6.83. The maximum absolute atomic E-state index is 13.5. The van der Waals surface area contributed by atoms with E-state index >= 15 is 0 Å². The Labute approximate surface area is 124 Å². The molecule has 21 heavy (non-hydrogen) atoms. The first kappa shape index (κ1) is 16.4. The summed E-state index contributed by atoms with van der Waals surface area (Å²) >= 11 is 0. The van der Waals surface area contributed by atoms with E-state index in [1.54, 1.807) is 19.1 Å². The molecular formula is C15H24F3N3. The molecule has 1 aliphatic carbocycles. The minimum absolute atomic E-state index is 0.218. The zero-order valence-corrected chi connectivity index (χ0v) is 13.0. The average Bonchev–Trinajstić information content (AvgIpc) is 2.36. The van der Waals surface area contributed by atoms with Crippen LogP contribution in [0.5, 0.6) is 0 Å². The summed E-state index contributed by atoms with van der Waals surface area (Å²) in [4.78, 5) is 4.06. The number of rotatable bonds is 1. The van der Waals surface area contributed by atoms with Gasteiger partial charge in [0.1, 0.15) is 0 Å². The van der Waals surface area contributed by atoms with Crippen molar-refractivity contribution in [3.05, 3.63) is 23.4 Å². The van der Waals surface area contributed by atoms with Gasteiger partial charge in [-0.3, -0.25) is 4.90 Å². The molecule has 6 heteroatoms. The van der Waals surface area contributed by atoms with E-state index in [-0.39, 0.29) is 12.1 Å². The van der Waals surface area contributed by atoms with E-state index in [4.69, 9.17) is 5.73 Å². The SMILES string of the molecule is CC1C(C(F)(F)F)=C(N2C[C@@H](C)N(C)[C@@H](C)C2)C=CC1N. The maximum atomic E-state index is 13.5. The molecule has 120 valence electrons. The van der Waals surface area contributed by atoms with Crippen LogP contribution < -0.4 is 5.73 Å². The van der Waals surface area contributed by atoms with Crippen LogP contribution >= 0.6 is 0 Å². The number of hydrogen-bond acceptors (Lipinski definition) is 3. The quantitative estimate of drug-likeness (QED) is 0.807. The molecule has 4 atom stereocenters. The highest BCUT2D eigenvalue weighted by atomic mass is 19.4. The molecule has 1 heterocycles. The van der Waals surface area contributed by atoms with Crippen LogP contribution in [-0.2, 0) is 0 Å². The van der Waals surface area contributed by atoms with Gasteiger partial charge < -0.3 is 10.6 Å². The van der Waals surface area contributed by atoms with E-state index in [9.17, 15) is 13.2 Å². The fourth-order valence-electron chi connectivity index (χ4n) is 3.16. The Morgan fingerprint density at radius 3 is 2.14 bits per heavy atom. The van der Waals surface area contributed by atoms with E-state index in [0.717, 1.165) is 0 Å². The third kappa shape index (κ3) is 3.11. The first-order valence-electron chi connectivity index (χ1n) is 7.35. The molecule has 0 aromatic rings. The number of likely N-dealkylation sites (N-methyl/N-ethyl adjacent to an activating group) is 1. The summed E-state index contributed by atoms with van der Waals surface area (Å²) in [5.74, 6) is -0.713. The third-order valence-corrected chi connectivity index (χ3v) is 4.79. The molecule has 2 aliphatic rings. The Morgan fingerprint density at radius 2 is 1.67 bits per heavy atom. The van der Waals surface area contributed by atoms with Crippen molar-refractivity contribution in [3.63, 3.8) is 0 Å². The number of piperazine rings is 1. The largest absolute Gasteiger partial charge is 0.414 e. The van der Waals surface area contributed by atoms with E-state index in [1.807, 2.05) is 25.8 Å². The molecule has 2 N–H and O–H groups in total. The third-order valence-electron chi connectivity index (χ3n) is 4.79. The number of hydrogen-bond donors (Lipinski definition) is 1. The molecule has 2 unspecified atom stereocenters. The van der Waals surface area contributed by atoms with E-state index in [1.165, 1.54) is 0 Å². The van der Waals surface area contributed by atoms with Gasteiger partial charge in [0.15, 0.2) is 0 Å². The molecule has 1 saturated heterocycles. The average molecular weight is 303 g/mol. The van der Waals surface area contributed by atoms with Crippen LogP contribution in [0.2, 0.25) is 0 Å². The van der Waals surface area contributed by atoms with Crippen molar-refractivity contribution < 1.29 is 13.2 Å². The van der Waals surface area contributed by atoms with Gasteiger partial charge in [0, 0.05) is 42.8 Å². The lowest BCUT2D eigenvalue weighted by Gasteiger charge is -2.45. The van der Waals surface area contributed by atoms with Crippen molar-refractivity contribution in [2.45, 2.75) is 45.1 Å². The van der Waals surface area contributed by atoms with Crippen LogP contribution in [0, 0.1) is 5.92 Å². The fourth-order valence-corrected chi connectivity index (χ4v) is 3.16. The first-order chi connectivity index (χ1) is 9.62. The van der Waals surface area contributed by atoms with Crippen LogP contribution in [0.15, 0.2) is 23.4 Å². The number of halogens is 3. The lowest BCUT2D eigenvalue weighted by atomic mass is 9.86. The molecule has 0 amide bonds. The van der Waals surface area contributed by atoms with Gasteiger partial charge in [-0.25, -0.2) is 0 Å². The molecule has 0 radical (unpaired) electrons. The summed E-state index contributed by atoms with van der Waals surface area (Å²) in [7, 11) is 2.01. The predicted octanol–water partition coefficient (Wildman–Crippen LogP) is 2.36. The van der Waals surface area contributed by atoms with Gasteiger partial charge in [-0.15, -0.1) is 0 Å². The minimum Gasteiger partial charge on any atom is -0.368 e. The molecule has 0 saturated carbocycles. The molecule has 1 aliphatic heterocycles. The first-order valence-corrected chi connectivity index (χ1v) is 7.35. The van der Waals surface area contributed by atoms with Gasteiger partial charge in [-0.1, -0.05) is 13.0 Å². The Hall–Kier alpha value is -1.01. The van der Waals surface area contributed by atoms with Crippen molar-refractivity contribution in [3.8, 4) is 0 Å². The Bertz CT molecular complexity index is 444. The molecule has 1 fully saturated rings. The minimum atomic E-state index is -4.34. The fraction of sp³-hybridized carbons (Fsp3) is 0.733. The van der Waals surface area contributed by atoms with Crippen molar-refractivity contribution in [1.82, 2.24) is 9.80 Å². The van der Waals surface area contributed by atoms with Gasteiger partial charge in [-0.05, 0) is 27.0 Å². The maximum Gasteiger partial charge on any atom is 0.414 e. The highest BCUT2D eigenvalue weighted by molar-refractivity contribution is 5.36. The van der Waals surface area contributed by atoms with Crippen molar-refractivity contribution in [2.24, 2.45) is 11.7 Å². The van der Waals surface area contributed by atoms with Crippen LogP contribution in [0.4, 0.5) is 13.2 Å².